The van der Waals surface area contributed by atoms with Crippen LogP contribution >= 0.6 is 11.3 Å². The van der Waals surface area contributed by atoms with Gasteiger partial charge < -0.3 is 9.84 Å². The van der Waals surface area contributed by atoms with E-state index < -0.39 is 5.97 Å². The van der Waals surface area contributed by atoms with E-state index in [2.05, 4.69) is 4.98 Å². The molecule has 0 bridgehead atoms. The normalized spacial score (nSPS) is 12.1. The summed E-state index contributed by atoms with van der Waals surface area (Å²) in [5.74, 6) is -0.610. The first kappa shape index (κ1) is 10.7. The van der Waals surface area contributed by atoms with Gasteiger partial charge in [-0.15, -0.1) is 11.3 Å². The van der Waals surface area contributed by atoms with E-state index in [-0.39, 0.29) is 17.9 Å². The third-order valence-electron chi connectivity index (χ3n) is 1.49. The van der Waals surface area contributed by atoms with Crippen molar-refractivity contribution in [1.29, 1.82) is 0 Å². The Morgan fingerprint density at radius 1 is 1.71 bits per heavy atom. The Kier molecular flexibility index (Phi) is 3.64. The van der Waals surface area contributed by atoms with Gasteiger partial charge in [-0.25, -0.2) is 9.78 Å². The Balaban J connectivity index is 2.99. The van der Waals surface area contributed by atoms with Gasteiger partial charge in [0.15, 0.2) is 0 Å². The van der Waals surface area contributed by atoms with Crippen LogP contribution < -0.4 is 0 Å². The standard InChI is InChI=1S/C9H11NO3S/c1-3-13-9(12)7(6(2)11)8-10-4-5-14-8/h4-5,11H,3H2,1-2H3/b7-6+. The van der Waals surface area contributed by atoms with Crippen molar-refractivity contribution >= 4 is 22.9 Å². The number of rotatable bonds is 3. The largest absolute Gasteiger partial charge is 0.512 e. The van der Waals surface area contributed by atoms with Crippen LogP contribution in [0, 0.1) is 0 Å². The maximum Gasteiger partial charge on any atom is 0.344 e. The van der Waals surface area contributed by atoms with Crippen molar-refractivity contribution in [1.82, 2.24) is 4.98 Å². The molecule has 0 unspecified atom stereocenters. The molecule has 0 atom stereocenters. The van der Waals surface area contributed by atoms with Gasteiger partial charge in [0.1, 0.15) is 16.3 Å². The van der Waals surface area contributed by atoms with Gasteiger partial charge in [0.05, 0.1) is 6.61 Å². The molecule has 0 saturated heterocycles. The van der Waals surface area contributed by atoms with Gasteiger partial charge in [0, 0.05) is 11.6 Å². The lowest BCUT2D eigenvalue weighted by molar-refractivity contribution is -0.136. The number of aliphatic hydroxyl groups excluding tert-OH is 1. The van der Waals surface area contributed by atoms with E-state index in [1.807, 2.05) is 0 Å². The molecule has 0 fully saturated rings. The van der Waals surface area contributed by atoms with Crippen LogP contribution in [0.15, 0.2) is 17.3 Å². The fourth-order valence-electron chi connectivity index (χ4n) is 0.940. The highest BCUT2D eigenvalue weighted by Gasteiger charge is 2.18. The van der Waals surface area contributed by atoms with Gasteiger partial charge in [-0.1, -0.05) is 0 Å². The zero-order chi connectivity index (χ0) is 10.6. The molecule has 14 heavy (non-hydrogen) atoms. The number of ether oxygens (including phenoxy) is 1. The molecule has 0 aromatic carbocycles. The SMILES string of the molecule is CCOC(=O)/C(=C(\C)O)c1nccs1. The molecule has 76 valence electrons. The van der Waals surface area contributed by atoms with Crippen LogP contribution in [0.1, 0.15) is 18.9 Å². The van der Waals surface area contributed by atoms with E-state index in [9.17, 15) is 9.90 Å². The highest BCUT2D eigenvalue weighted by Crippen LogP contribution is 2.21. The number of thiazole rings is 1. The fraction of sp³-hybridized carbons (Fsp3) is 0.333. The summed E-state index contributed by atoms with van der Waals surface area (Å²) >= 11 is 1.28. The second-order valence-electron chi connectivity index (χ2n) is 2.52. The number of hydrogen-bond donors (Lipinski definition) is 1. The quantitative estimate of drug-likeness (QED) is 0.474. The molecule has 0 spiro atoms. The molecule has 1 aromatic heterocycles. The van der Waals surface area contributed by atoms with E-state index in [0.29, 0.717) is 5.01 Å². The number of hydrogen-bond acceptors (Lipinski definition) is 5. The smallest absolute Gasteiger partial charge is 0.344 e. The lowest BCUT2D eigenvalue weighted by Gasteiger charge is -2.04. The Labute approximate surface area is 85.9 Å². The Morgan fingerprint density at radius 2 is 2.43 bits per heavy atom. The molecule has 1 rings (SSSR count). The van der Waals surface area contributed by atoms with E-state index in [1.54, 1.807) is 18.5 Å². The number of aliphatic hydroxyl groups is 1. The van der Waals surface area contributed by atoms with Crippen LogP contribution in [0.25, 0.3) is 5.57 Å². The molecule has 0 aliphatic heterocycles. The lowest BCUT2D eigenvalue weighted by atomic mass is 10.2. The zero-order valence-electron chi connectivity index (χ0n) is 7.98. The van der Waals surface area contributed by atoms with Gasteiger partial charge in [0.2, 0.25) is 0 Å². The molecule has 1 aromatic rings. The number of allylic oxidation sites excluding steroid dienone is 1. The first-order valence-electron chi connectivity index (χ1n) is 4.13. The Bertz CT molecular complexity index is 339. The van der Waals surface area contributed by atoms with Crippen molar-refractivity contribution in [3.63, 3.8) is 0 Å². The number of carbonyl (C=O) groups is 1. The third kappa shape index (κ3) is 2.32. The minimum absolute atomic E-state index is 0.0709. The number of carbonyl (C=O) groups excluding carboxylic acids is 1. The molecule has 1 N–H and O–H groups in total. The lowest BCUT2D eigenvalue weighted by Crippen LogP contribution is -2.08. The molecule has 1 heterocycles. The van der Waals surface area contributed by atoms with Gasteiger partial charge in [-0.05, 0) is 13.8 Å². The van der Waals surface area contributed by atoms with Crippen molar-refractivity contribution in [2.45, 2.75) is 13.8 Å². The maximum absolute atomic E-state index is 11.4. The van der Waals surface area contributed by atoms with E-state index in [1.165, 1.54) is 18.3 Å². The van der Waals surface area contributed by atoms with Gasteiger partial charge in [-0.3, -0.25) is 0 Å². The second kappa shape index (κ2) is 4.76. The van der Waals surface area contributed by atoms with Crippen LogP contribution in [-0.2, 0) is 9.53 Å². The minimum Gasteiger partial charge on any atom is -0.512 e. The van der Waals surface area contributed by atoms with E-state index >= 15 is 0 Å². The highest BCUT2D eigenvalue weighted by atomic mass is 32.1. The summed E-state index contributed by atoms with van der Waals surface area (Å²) < 4.78 is 4.80. The highest BCUT2D eigenvalue weighted by molar-refractivity contribution is 7.11. The monoisotopic (exact) mass is 213 g/mol. The molecule has 0 amide bonds. The Hall–Kier alpha value is -1.36. The molecule has 4 nitrogen and oxygen atoms in total. The van der Waals surface area contributed by atoms with Crippen molar-refractivity contribution < 1.29 is 14.6 Å². The molecule has 0 saturated carbocycles. The topological polar surface area (TPSA) is 59.4 Å². The first-order chi connectivity index (χ1) is 6.66. The van der Waals surface area contributed by atoms with Crippen molar-refractivity contribution in [3.05, 3.63) is 22.3 Å². The minimum atomic E-state index is -0.539. The van der Waals surface area contributed by atoms with Crippen LogP contribution in [0.5, 0.6) is 0 Å². The average molecular weight is 213 g/mol. The van der Waals surface area contributed by atoms with E-state index in [0.717, 1.165) is 0 Å². The summed E-state index contributed by atoms with van der Waals surface area (Å²) in [6.45, 7) is 3.43. The summed E-state index contributed by atoms with van der Waals surface area (Å²) in [4.78, 5) is 15.4. The van der Waals surface area contributed by atoms with Crippen molar-refractivity contribution in [2.24, 2.45) is 0 Å². The number of aromatic nitrogens is 1. The van der Waals surface area contributed by atoms with Crippen LogP contribution in [0.3, 0.4) is 0 Å². The van der Waals surface area contributed by atoms with Crippen molar-refractivity contribution in [2.75, 3.05) is 6.61 Å². The third-order valence-corrected chi connectivity index (χ3v) is 2.28. The summed E-state index contributed by atoms with van der Waals surface area (Å²) in [6, 6.07) is 0. The molecular weight excluding hydrogens is 202 g/mol. The predicted molar refractivity (Wildman–Crippen MR) is 54.0 cm³/mol. The molecule has 0 aliphatic carbocycles. The van der Waals surface area contributed by atoms with Crippen LogP contribution in [0.2, 0.25) is 0 Å². The molecule has 0 aliphatic rings. The molecule has 5 heteroatoms. The first-order valence-corrected chi connectivity index (χ1v) is 5.01. The van der Waals surface area contributed by atoms with Gasteiger partial charge >= 0.3 is 5.97 Å². The predicted octanol–water partition coefficient (Wildman–Crippen LogP) is 2.00. The second-order valence-corrected chi connectivity index (χ2v) is 3.41. The fourth-order valence-corrected chi connectivity index (χ4v) is 1.66. The summed E-state index contributed by atoms with van der Waals surface area (Å²) in [6.07, 6.45) is 1.57. The number of esters is 1. The molecule has 0 radical (unpaired) electrons. The Morgan fingerprint density at radius 3 is 2.86 bits per heavy atom. The average Bonchev–Trinajstić information content (AvgIpc) is 2.57. The van der Waals surface area contributed by atoms with Crippen LogP contribution in [0.4, 0.5) is 0 Å². The van der Waals surface area contributed by atoms with E-state index in [4.69, 9.17) is 4.74 Å². The van der Waals surface area contributed by atoms with Gasteiger partial charge in [0.25, 0.3) is 0 Å². The summed E-state index contributed by atoms with van der Waals surface area (Å²) in [5, 5.41) is 11.5. The zero-order valence-corrected chi connectivity index (χ0v) is 8.80. The maximum atomic E-state index is 11.4. The van der Waals surface area contributed by atoms with Crippen LogP contribution in [-0.4, -0.2) is 22.7 Å². The molecular formula is C9H11NO3S. The van der Waals surface area contributed by atoms with Gasteiger partial charge in [-0.2, -0.15) is 0 Å². The summed E-state index contributed by atoms with van der Waals surface area (Å²) in [5.41, 5.74) is 0.141. The van der Waals surface area contributed by atoms with Crippen molar-refractivity contribution in [3.8, 4) is 0 Å². The summed E-state index contributed by atoms with van der Waals surface area (Å²) in [7, 11) is 0. The number of nitrogens with zero attached hydrogens (tertiary/aromatic N) is 1.